The molecule has 6 rings (SSSR count). The van der Waals surface area contributed by atoms with Crippen LogP contribution >= 0.6 is 11.3 Å². The summed E-state index contributed by atoms with van der Waals surface area (Å²) in [5, 5.41) is 0.873. The molecule has 2 aromatic rings. The number of piperidine rings is 3. The number of carbonyl (C=O) groups excluding carboxylic acids is 1. The molecule has 1 aromatic carbocycles. The van der Waals surface area contributed by atoms with Crippen LogP contribution in [-0.2, 0) is 4.74 Å². The van der Waals surface area contributed by atoms with Gasteiger partial charge in [0, 0.05) is 17.3 Å². The summed E-state index contributed by atoms with van der Waals surface area (Å²) in [6.45, 7) is 3.71. The Hall–Kier alpha value is -1.92. The maximum Gasteiger partial charge on any atom is 0.415 e. The lowest BCUT2D eigenvalue weighted by Gasteiger charge is -2.49. The first-order valence-corrected chi connectivity index (χ1v) is 9.53. The predicted molar refractivity (Wildman–Crippen MR) is 95.4 cm³/mol. The fourth-order valence-corrected chi connectivity index (χ4v) is 5.44. The number of hydrogen-bond donors (Lipinski definition) is 0. The van der Waals surface area contributed by atoms with Crippen LogP contribution in [0.15, 0.2) is 36.4 Å². The molecule has 0 unspecified atom stereocenters. The second kappa shape index (κ2) is 5.54. The molecule has 130 valence electrons. The van der Waals surface area contributed by atoms with E-state index < -0.39 is 0 Å². The fraction of sp³-hybridized carbons (Fsp3) is 0.421. The van der Waals surface area contributed by atoms with Gasteiger partial charge in [-0.1, -0.05) is 12.1 Å². The van der Waals surface area contributed by atoms with Crippen LogP contribution in [0.4, 0.5) is 14.2 Å². The molecule has 5 heterocycles. The summed E-state index contributed by atoms with van der Waals surface area (Å²) in [5.74, 6) is 0.216. The van der Waals surface area contributed by atoms with Gasteiger partial charge in [-0.3, -0.25) is 9.80 Å². The Labute approximate surface area is 149 Å². The largest absolute Gasteiger partial charge is 0.439 e. The van der Waals surface area contributed by atoms with E-state index in [1.807, 2.05) is 18.2 Å². The van der Waals surface area contributed by atoms with Crippen molar-refractivity contribution in [2.45, 2.75) is 18.4 Å². The molecule has 4 fully saturated rings. The summed E-state index contributed by atoms with van der Waals surface area (Å²) >= 11 is 1.51. The number of carbonyl (C=O) groups is 1. The summed E-state index contributed by atoms with van der Waals surface area (Å²) in [6, 6.07) is 10.4. The van der Waals surface area contributed by atoms with Crippen LogP contribution < -0.4 is 4.90 Å². The highest BCUT2D eigenvalue weighted by Crippen LogP contribution is 2.45. The zero-order valence-corrected chi connectivity index (χ0v) is 14.6. The first kappa shape index (κ1) is 15.3. The molecule has 1 amide bonds. The number of nitrogens with zero attached hydrogens (tertiary/aromatic N) is 2. The van der Waals surface area contributed by atoms with E-state index in [1.165, 1.54) is 23.5 Å². The van der Waals surface area contributed by atoms with Crippen molar-refractivity contribution in [1.29, 1.82) is 0 Å². The quantitative estimate of drug-likeness (QED) is 0.814. The number of benzene rings is 1. The number of thiophene rings is 1. The molecule has 0 N–H and O–H groups in total. The Kier molecular flexibility index (Phi) is 3.40. The SMILES string of the molecule is O=C1O[C@@]2(CN3CCC2CC3)CN1c1ccc(-c2cccc(F)c2)s1. The van der Waals surface area contributed by atoms with Crippen LogP contribution in [0.5, 0.6) is 0 Å². The number of anilines is 1. The maximum absolute atomic E-state index is 13.5. The Morgan fingerprint density at radius 2 is 2.00 bits per heavy atom. The van der Waals surface area contributed by atoms with Crippen molar-refractivity contribution in [3.8, 4) is 10.4 Å². The maximum atomic E-state index is 13.5. The van der Waals surface area contributed by atoms with Gasteiger partial charge in [0.15, 0.2) is 0 Å². The zero-order chi connectivity index (χ0) is 17.0. The van der Waals surface area contributed by atoms with Crippen LogP contribution in [0.2, 0.25) is 0 Å². The van der Waals surface area contributed by atoms with Gasteiger partial charge in [-0.05, 0) is 55.8 Å². The van der Waals surface area contributed by atoms with E-state index in [0.717, 1.165) is 47.9 Å². The lowest BCUT2D eigenvalue weighted by Crippen LogP contribution is -2.61. The molecular formula is C19H19FN2O2S. The monoisotopic (exact) mass is 358 g/mol. The van der Waals surface area contributed by atoms with Crippen molar-refractivity contribution in [2.24, 2.45) is 5.92 Å². The summed E-state index contributed by atoms with van der Waals surface area (Å²) in [4.78, 5) is 17.7. The molecule has 2 bridgehead atoms. The van der Waals surface area contributed by atoms with E-state index in [4.69, 9.17) is 4.74 Å². The zero-order valence-electron chi connectivity index (χ0n) is 13.8. The molecule has 4 nitrogen and oxygen atoms in total. The van der Waals surface area contributed by atoms with Crippen molar-refractivity contribution in [3.05, 3.63) is 42.2 Å². The van der Waals surface area contributed by atoms with Gasteiger partial charge in [0.1, 0.15) is 16.4 Å². The molecule has 1 aromatic heterocycles. The summed E-state index contributed by atoms with van der Waals surface area (Å²) < 4.78 is 19.4. The first-order valence-electron chi connectivity index (χ1n) is 8.72. The minimum absolute atomic E-state index is 0.249. The van der Waals surface area contributed by atoms with Gasteiger partial charge in [0.25, 0.3) is 0 Å². The number of amides is 1. The second-order valence-corrected chi connectivity index (χ2v) is 8.28. The van der Waals surface area contributed by atoms with Gasteiger partial charge in [-0.25, -0.2) is 9.18 Å². The second-order valence-electron chi connectivity index (χ2n) is 7.22. The highest BCUT2D eigenvalue weighted by molar-refractivity contribution is 7.19. The minimum Gasteiger partial charge on any atom is -0.439 e. The van der Waals surface area contributed by atoms with Gasteiger partial charge < -0.3 is 4.74 Å². The molecule has 4 saturated heterocycles. The molecule has 1 spiro atoms. The molecule has 6 heteroatoms. The predicted octanol–water partition coefficient (Wildman–Crippen LogP) is 3.98. The number of hydrogen-bond acceptors (Lipinski definition) is 4. The van der Waals surface area contributed by atoms with E-state index >= 15 is 0 Å². The average Bonchev–Trinajstić information content (AvgIpc) is 3.21. The van der Waals surface area contributed by atoms with Crippen LogP contribution in [-0.4, -0.2) is 42.8 Å². The normalized spacial score (nSPS) is 30.9. The standard InChI is InChI=1S/C19H19FN2O2S/c20-15-3-1-2-13(10-15)16-4-5-17(25-16)22-12-19(24-18(22)23)11-21-8-6-14(19)7-9-21/h1-5,10,14H,6-9,11-12H2/t19-/m0/s1. The summed E-state index contributed by atoms with van der Waals surface area (Å²) in [7, 11) is 0. The third-order valence-corrected chi connectivity index (χ3v) is 6.88. The molecule has 4 aliphatic rings. The number of rotatable bonds is 2. The van der Waals surface area contributed by atoms with Gasteiger partial charge >= 0.3 is 6.09 Å². The van der Waals surface area contributed by atoms with Gasteiger partial charge in [-0.15, -0.1) is 11.3 Å². The van der Waals surface area contributed by atoms with Crippen molar-refractivity contribution in [1.82, 2.24) is 4.90 Å². The van der Waals surface area contributed by atoms with Gasteiger partial charge in [0.05, 0.1) is 6.54 Å². The lowest BCUT2D eigenvalue weighted by molar-refractivity contribution is -0.0881. The molecule has 0 radical (unpaired) electrons. The van der Waals surface area contributed by atoms with E-state index in [9.17, 15) is 9.18 Å². The van der Waals surface area contributed by atoms with Gasteiger partial charge in [0.2, 0.25) is 0 Å². The van der Waals surface area contributed by atoms with Crippen LogP contribution in [0.1, 0.15) is 12.8 Å². The number of fused-ring (bicyclic) bond motifs is 2. The molecular weight excluding hydrogens is 339 g/mol. The average molecular weight is 358 g/mol. The van der Waals surface area contributed by atoms with Crippen LogP contribution in [0.25, 0.3) is 10.4 Å². The highest BCUT2D eigenvalue weighted by Gasteiger charge is 2.55. The summed E-state index contributed by atoms with van der Waals surface area (Å²) in [5.41, 5.74) is 0.484. The van der Waals surface area contributed by atoms with E-state index in [0.29, 0.717) is 12.5 Å². The number of halogens is 1. The van der Waals surface area contributed by atoms with E-state index in [1.54, 1.807) is 11.0 Å². The van der Waals surface area contributed by atoms with Crippen molar-refractivity contribution >= 4 is 22.4 Å². The number of ether oxygens (including phenoxy) is 1. The Morgan fingerprint density at radius 3 is 2.72 bits per heavy atom. The van der Waals surface area contributed by atoms with Crippen LogP contribution in [0, 0.1) is 11.7 Å². The summed E-state index contributed by atoms with van der Waals surface area (Å²) in [6.07, 6.45) is 1.97. The Balaban J connectivity index is 1.42. The smallest absolute Gasteiger partial charge is 0.415 e. The minimum atomic E-state index is -0.351. The first-order chi connectivity index (χ1) is 12.1. The third-order valence-electron chi connectivity index (χ3n) is 5.73. The van der Waals surface area contributed by atoms with E-state index in [2.05, 4.69) is 4.90 Å². The highest BCUT2D eigenvalue weighted by atomic mass is 32.1. The lowest BCUT2D eigenvalue weighted by atomic mass is 9.75. The Morgan fingerprint density at radius 1 is 1.16 bits per heavy atom. The van der Waals surface area contributed by atoms with Crippen molar-refractivity contribution in [3.63, 3.8) is 0 Å². The molecule has 25 heavy (non-hydrogen) atoms. The topological polar surface area (TPSA) is 32.8 Å². The van der Waals surface area contributed by atoms with Gasteiger partial charge in [-0.2, -0.15) is 0 Å². The molecule has 1 atom stereocenters. The molecule has 0 saturated carbocycles. The molecule has 0 aliphatic carbocycles. The van der Waals surface area contributed by atoms with Crippen molar-refractivity contribution < 1.29 is 13.9 Å². The fourth-order valence-electron chi connectivity index (χ4n) is 4.45. The van der Waals surface area contributed by atoms with E-state index in [-0.39, 0.29) is 17.5 Å². The molecule has 4 aliphatic heterocycles. The van der Waals surface area contributed by atoms with Crippen LogP contribution in [0.3, 0.4) is 0 Å². The van der Waals surface area contributed by atoms with Crippen molar-refractivity contribution in [2.75, 3.05) is 31.1 Å². The third kappa shape index (κ3) is 2.47. The Bertz CT molecular complexity index is 830.